The average Bonchev–Trinajstić information content (AvgIpc) is 1.89. The molecule has 0 N–H and O–H groups in total. The fourth-order valence-corrected chi connectivity index (χ4v) is 0.639. The topological polar surface area (TPSA) is 17.1 Å². The summed E-state index contributed by atoms with van der Waals surface area (Å²) in [6, 6.07) is 0. The highest BCUT2D eigenvalue weighted by atomic mass is 16.1. The monoisotopic (exact) mass is 138 g/mol. The van der Waals surface area contributed by atoms with Crippen molar-refractivity contribution in [2.24, 2.45) is 5.92 Å². The van der Waals surface area contributed by atoms with E-state index in [0.29, 0.717) is 5.92 Å². The van der Waals surface area contributed by atoms with Crippen molar-refractivity contribution in [3.63, 3.8) is 0 Å². The lowest BCUT2D eigenvalue weighted by Crippen LogP contribution is -1.94. The highest BCUT2D eigenvalue weighted by Crippen LogP contribution is 2.06. The van der Waals surface area contributed by atoms with Gasteiger partial charge in [0.15, 0.2) is 0 Å². The summed E-state index contributed by atoms with van der Waals surface area (Å²) in [6.45, 7) is 7.57. The van der Waals surface area contributed by atoms with Crippen LogP contribution in [0.3, 0.4) is 0 Å². The molecular formula is C9H14O. The van der Waals surface area contributed by atoms with Crippen LogP contribution in [-0.4, -0.2) is 6.29 Å². The number of carbonyl (C=O) groups is 1. The van der Waals surface area contributed by atoms with Crippen molar-refractivity contribution in [2.45, 2.75) is 20.3 Å². The maximum atomic E-state index is 10.3. The summed E-state index contributed by atoms with van der Waals surface area (Å²) in [6.07, 6.45) is 5.39. The van der Waals surface area contributed by atoms with Crippen LogP contribution in [-0.2, 0) is 4.79 Å². The Morgan fingerprint density at radius 3 is 2.50 bits per heavy atom. The first-order chi connectivity index (χ1) is 4.72. The van der Waals surface area contributed by atoms with E-state index in [1.165, 1.54) is 0 Å². The molecular weight excluding hydrogens is 124 g/mol. The van der Waals surface area contributed by atoms with Crippen LogP contribution in [0.15, 0.2) is 24.3 Å². The van der Waals surface area contributed by atoms with Gasteiger partial charge in [-0.25, -0.2) is 0 Å². The van der Waals surface area contributed by atoms with E-state index in [4.69, 9.17) is 0 Å². The van der Waals surface area contributed by atoms with Crippen molar-refractivity contribution in [3.8, 4) is 0 Å². The molecule has 10 heavy (non-hydrogen) atoms. The molecule has 0 radical (unpaired) electrons. The van der Waals surface area contributed by atoms with Crippen molar-refractivity contribution in [3.05, 3.63) is 24.3 Å². The molecule has 0 spiro atoms. The van der Waals surface area contributed by atoms with Gasteiger partial charge in [0.25, 0.3) is 0 Å². The fourth-order valence-electron chi connectivity index (χ4n) is 0.639. The van der Waals surface area contributed by atoms with Gasteiger partial charge in [0.05, 0.1) is 0 Å². The van der Waals surface area contributed by atoms with Crippen molar-refractivity contribution in [2.75, 3.05) is 0 Å². The van der Waals surface area contributed by atoms with Crippen LogP contribution in [0, 0.1) is 5.92 Å². The van der Waals surface area contributed by atoms with Crippen LogP contribution in [0.1, 0.15) is 20.3 Å². The van der Waals surface area contributed by atoms with E-state index in [2.05, 4.69) is 6.58 Å². The molecule has 0 aliphatic heterocycles. The molecule has 0 aliphatic rings. The van der Waals surface area contributed by atoms with E-state index < -0.39 is 0 Å². The van der Waals surface area contributed by atoms with Crippen molar-refractivity contribution < 1.29 is 4.79 Å². The molecule has 0 rings (SSSR count). The summed E-state index contributed by atoms with van der Waals surface area (Å²) in [4.78, 5) is 10.3. The highest BCUT2D eigenvalue weighted by molar-refractivity contribution is 5.73. The summed E-state index contributed by atoms with van der Waals surface area (Å²) in [5, 5.41) is 0. The van der Waals surface area contributed by atoms with E-state index in [1.54, 1.807) is 6.08 Å². The van der Waals surface area contributed by atoms with E-state index in [-0.39, 0.29) is 0 Å². The fraction of sp³-hybridized carbons (Fsp3) is 0.444. The molecule has 0 fully saturated rings. The lowest BCUT2D eigenvalue weighted by Gasteiger charge is -2.00. The average molecular weight is 138 g/mol. The van der Waals surface area contributed by atoms with Crippen molar-refractivity contribution in [1.82, 2.24) is 0 Å². The van der Waals surface area contributed by atoms with Gasteiger partial charge < -0.3 is 0 Å². The SMILES string of the molecule is C=CC/C=C(/C=O)C(C)C. The van der Waals surface area contributed by atoms with Crippen LogP contribution in [0.2, 0.25) is 0 Å². The van der Waals surface area contributed by atoms with Gasteiger partial charge in [-0.15, -0.1) is 6.58 Å². The van der Waals surface area contributed by atoms with Gasteiger partial charge in [-0.05, 0) is 17.9 Å². The van der Waals surface area contributed by atoms with Gasteiger partial charge in [-0.1, -0.05) is 26.0 Å². The Morgan fingerprint density at radius 1 is 1.60 bits per heavy atom. The number of aldehydes is 1. The second kappa shape index (κ2) is 4.98. The molecule has 0 aromatic rings. The minimum absolute atomic E-state index is 0.331. The van der Waals surface area contributed by atoms with Crippen LogP contribution in [0.4, 0.5) is 0 Å². The van der Waals surface area contributed by atoms with Gasteiger partial charge >= 0.3 is 0 Å². The first-order valence-corrected chi connectivity index (χ1v) is 3.48. The number of rotatable bonds is 4. The predicted octanol–water partition coefficient (Wildman–Crippen LogP) is 2.34. The summed E-state index contributed by atoms with van der Waals surface area (Å²) < 4.78 is 0. The maximum Gasteiger partial charge on any atom is 0.145 e. The zero-order chi connectivity index (χ0) is 7.98. The Kier molecular flexibility index (Phi) is 4.55. The van der Waals surface area contributed by atoms with Crippen molar-refractivity contribution in [1.29, 1.82) is 0 Å². The lowest BCUT2D eigenvalue weighted by atomic mass is 10.0. The second-order valence-electron chi connectivity index (χ2n) is 2.50. The molecule has 0 saturated carbocycles. The number of allylic oxidation sites excluding steroid dienone is 3. The minimum Gasteiger partial charge on any atom is -0.298 e. The number of hydrogen-bond acceptors (Lipinski definition) is 1. The predicted molar refractivity (Wildman–Crippen MR) is 43.8 cm³/mol. The zero-order valence-corrected chi connectivity index (χ0v) is 6.63. The Bertz CT molecular complexity index is 143. The van der Waals surface area contributed by atoms with E-state index in [9.17, 15) is 4.79 Å². The molecule has 0 bridgehead atoms. The third kappa shape index (κ3) is 3.23. The Morgan fingerprint density at radius 2 is 2.20 bits per heavy atom. The molecule has 56 valence electrons. The Hall–Kier alpha value is -0.850. The van der Waals surface area contributed by atoms with E-state index in [1.807, 2.05) is 19.9 Å². The molecule has 0 amide bonds. The Balaban J connectivity index is 4.03. The largest absolute Gasteiger partial charge is 0.298 e. The molecule has 0 aliphatic carbocycles. The molecule has 1 nitrogen and oxygen atoms in total. The second-order valence-corrected chi connectivity index (χ2v) is 2.50. The minimum atomic E-state index is 0.331. The first kappa shape index (κ1) is 9.15. The molecule has 0 aromatic heterocycles. The molecule has 1 heteroatoms. The van der Waals surface area contributed by atoms with Crippen LogP contribution >= 0.6 is 0 Å². The molecule has 0 atom stereocenters. The van der Waals surface area contributed by atoms with E-state index >= 15 is 0 Å². The summed E-state index contributed by atoms with van der Waals surface area (Å²) in [5.74, 6) is 0.331. The normalized spacial score (nSPS) is 11.7. The highest BCUT2D eigenvalue weighted by Gasteiger charge is 1.98. The summed E-state index contributed by atoms with van der Waals surface area (Å²) in [5.41, 5.74) is 0.861. The third-order valence-corrected chi connectivity index (χ3v) is 1.32. The van der Waals surface area contributed by atoms with Crippen molar-refractivity contribution >= 4 is 6.29 Å². The van der Waals surface area contributed by atoms with Gasteiger partial charge in [0, 0.05) is 0 Å². The molecule has 0 unspecified atom stereocenters. The molecule has 0 heterocycles. The van der Waals surface area contributed by atoms with Gasteiger partial charge in [0.2, 0.25) is 0 Å². The maximum absolute atomic E-state index is 10.3. The van der Waals surface area contributed by atoms with Crippen LogP contribution in [0.5, 0.6) is 0 Å². The number of hydrogen-bond donors (Lipinski definition) is 0. The quantitative estimate of drug-likeness (QED) is 0.331. The number of carbonyl (C=O) groups excluding carboxylic acids is 1. The van der Waals surface area contributed by atoms with E-state index in [0.717, 1.165) is 18.3 Å². The van der Waals surface area contributed by atoms with Gasteiger partial charge in [0.1, 0.15) is 6.29 Å². The third-order valence-electron chi connectivity index (χ3n) is 1.32. The van der Waals surface area contributed by atoms with Crippen LogP contribution < -0.4 is 0 Å². The van der Waals surface area contributed by atoms with Gasteiger partial charge in [-0.2, -0.15) is 0 Å². The zero-order valence-electron chi connectivity index (χ0n) is 6.63. The summed E-state index contributed by atoms with van der Waals surface area (Å²) in [7, 11) is 0. The summed E-state index contributed by atoms with van der Waals surface area (Å²) >= 11 is 0. The molecule has 0 saturated heterocycles. The van der Waals surface area contributed by atoms with Crippen LogP contribution in [0.25, 0.3) is 0 Å². The Labute approximate surface area is 62.4 Å². The lowest BCUT2D eigenvalue weighted by molar-refractivity contribution is -0.105. The molecule has 0 aromatic carbocycles. The van der Waals surface area contributed by atoms with Gasteiger partial charge in [-0.3, -0.25) is 4.79 Å². The smallest absolute Gasteiger partial charge is 0.145 e. The standard InChI is InChI=1S/C9H14O/c1-4-5-6-9(7-10)8(2)3/h4,6-8H,1,5H2,2-3H3/b9-6-. The first-order valence-electron chi connectivity index (χ1n) is 3.48.